The number of nitrogens with one attached hydrogen (secondary N) is 1. The van der Waals surface area contributed by atoms with E-state index in [-0.39, 0.29) is 23.2 Å². The third kappa shape index (κ3) is 4.71. The van der Waals surface area contributed by atoms with Gasteiger partial charge in [0.15, 0.2) is 0 Å². The summed E-state index contributed by atoms with van der Waals surface area (Å²) in [6.07, 6.45) is 1.47. The van der Waals surface area contributed by atoms with Crippen molar-refractivity contribution in [3.05, 3.63) is 100 Å². The molecule has 186 valence electrons. The number of nitrogens with zero attached hydrogens (tertiary/aromatic N) is 4. The van der Waals surface area contributed by atoms with Gasteiger partial charge in [0.1, 0.15) is 23.2 Å². The second-order valence-electron chi connectivity index (χ2n) is 8.89. The maximum atomic E-state index is 14.0. The van der Waals surface area contributed by atoms with Crippen molar-refractivity contribution in [2.75, 3.05) is 17.6 Å². The number of aromatic nitrogens is 4. The van der Waals surface area contributed by atoms with Crippen LogP contribution in [0.25, 0.3) is 27.7 Å². The van der Waals surface area contributed by atoms with Crippen molar-refractivity contribution in [2.24, 2.45) is 0 Å². The van der Waals surface area contributed by atoms with Gasteiger partial charge < -0.3 is 16.2 Å². The smallest absolute Gasteiger partial charge is 0.266 e. The van der Waals surface area contributed by atoms with E-state index >= 15 is 0 Å². The van der Waals surface area contributed by atoms with Crippen molar-refractivity contribution >= 4 is 22.7 Å². The highest BCUT2D eigenvalue weighted by Crippen LogP contribution is 2.30. The molecule has 3 aromatic carbocycles. The Bertz CT molecular complexity index is 1650. The van der Waals surface area contributed by atoms with Crippen LogP contribution in [0.3, 0.4) is 0 Å². The SMILES string of the molecule is Cc1cccc2nc([C@@H](C)CNc3nc(N)ncc3-c3cc(O)cc(F)c3)n(-c3ccccc3)c(=O)c12. The highest BCUT2D eigenvalue weighted by molar-refractivity contribution is 5.81. The van der Waals surface area contributed by atoms with Gasteiger partial charge in [-0.2, -0.15) is 4.98 Å². The van der Waals surface area contributed by atoms with Crippen molar-refractivity contribution in [1.82, 2.24) is 19.5 Å². The number of hydrogen-bond acceptors (Lipinski definition) is 7. The van der Waals surface area contributed by atoms with E-state index < -0.39 is 5.82 Å². The molecule has 0 aliphatic rings. The van der Waals surface area contributed by atoms with E-state index in [0.717, 1.165) is 11.6 Å². The van der Waals surface area contributed by atoms with Gasteiger partial charge in [0, 0.05) is 30.3 Å². The fourth-order valence-electron chi connectivity index (χ4n) is 4.38. The van der Waals surface area contributed by atoms with Gasteiger partial charge in [-0.15, -0.1) is 0 Å². The van der Waals surface area contributed by atoms with E-state index in [1.165, 1.54) is 18.3 Å². The lowest BCUT2D eigenvalue weighted by Crippen LogP contribution is -2.27. The molecule has 4 N–H and O–H groups in total. The Hall–Kier alpha value is -4.79. The molecule has 0 bridgehead atoms. The average molecular weight is 497 g/mol. The number of aromatic hydroxyl groups is 1. The number of nitrogens with two attached hydrogens (primary N) is 1. The van der Waals surface area contributed by atoms with E-state index in [1.54, 1.807) is 4.57 Å². The first-order chi connectivity index (χ1) is 17.8. The van der Waals surface area contributed by atoms with E-state index in [1.807, 2.05) is 62.4 Å². The fourth-order valence-corrected chi connectivity index (χ4v) is 4.38. The van der Waals surface area contributed by atoms with Gasteiger partial charge in [-0.25, -0.2) is 14.4 Å². The summed E-state index contributed by atoms with van der Waals surface area (Å²) >= 11 is 0. The van der Waals surface area contributed by atoms with Crippen LogP contribution in [-0.4, -0.2) is 31.2 Å². The summed E-state index contributed by atoms with van der Waals surface area (Å²) in [5.41, 5.74) is 8.76. The molecule has 0 unspecified atom stereocenters. The number of phenolic OH excluding ortho intramolecular Hbond substituents is 1. The van der Waals surface area contributed by atoms with Crippen molar-refractivity contribution in [3.63, 3.8) is 0 Å². The van der Waals surface area contributed by atoms with Gasteiger partial charge in [0.2, 0.25) is 5.95 Å². The average Bonchev–Trinajstić information content (AvgIpc) is 2.87. The number of hydrogen-bond donors (Lipinski definition) is 3. The Balaban J connectivity index is 1.56. The minimum atomic E-state index is -0.589. The molecule has 5 rings (SSSR count). The molecule has 0 fully saturated rings. The normalized spacial score (nSPS) is 12.0. The maximum absolute atomic E-state index is 14.0. The highest BCUT2D eigenvalue weighted by Gasteiger charge is 2.20. The molecule has 0 spiro atoms. The molecule has 2 heterocycles. The molecule has 0 amide bonds. The first-order valence-corrected chi connectivity index (χ1v) is 11.8. The van der Waals surface area contributed by atoms with Gasteiger partial charge >= 0.3 is 0 Å². The summed E-state index contributed by atoms with van der Waals surface area (Å²) in [5, 5.41) is 13.7. The molecule has 8 nitrogen and oxygen atoms in total. The van der Waals surface area contributed by atoms with Crippen LogP contribution in [0.15, 0.2) is 77.7 Å². The minimum Gasteiger partial charge on any atom is -0.508 e. The number of rotatable bonds is 6. The summed E-state index contributed by atoms with van der Waals surface area (Å²) in [6, 6.07) is 18.7. The first-order valence-electron chi connectivity index (χ1n) is 11.8. The van der Waals surface area contributed by atoms with E-state index in [2.05, 4.69) is 15.3 Å². The van der Waals surface area contributed by atoms with Crippen molar-refractivity contribution in [3.8, 4) is 22.6 Å². The van der Waals surface area contributed by atoms with Gasteiger partial charge in [-0.05, 0) is 48.4 Å². The number of fused-ring (bicyclic) bond motifs is 1. The monoisotopic (exact) mass is 496 g/mol. The second kappa shape index (κ2) is 9.69. The second-order valence-corrected chi connectivity index (χ2v) is 8.89. The third-order valence-corrected chi connectivity index (χ3v) is 6.16. The predicted octanol–water partition coefficient (Wildman–Crippen LogP) is 4.79. The zero-order valence-electron chi connectivity index (χ0n) is 20.3. The standard InChI is InChI=1S/C28H25FN6O2/c1-16-7-6-10-23-24(16)27(37)35(20-8-4-3-5-9-20)26(33-23)17(2)14-31-25-22(15-32-28(30)34-25)18-11-19(29)13-21(36)12-18/h3-13,15,17,36H,14H2,1-2H3,(H3,30,31,32,34)/t17-/m0/s1. The van der Waals surface area contributed by atoms with Crippen molar-refractivity contribution in [1.29, 1.82) is 0 Å². The van der Waals surface area contributed by atoms with Crippen LogP contribution in [-0.2, 0) is 0 Å². The molecule has 37 heavy (non-hydrogen) atoms. The van der Waals surface area contributed by atoms with Crippen molar-refractivity contribution in [2.45, 2.75) is 19.8 Å². The largest absolute Gasteiger partial charge is 0.508 e. The summed E-state index contributed by atoms with van der Waals surface area (Å²) in [4.78, 5) is 26.9. The summed E-state index contributed by atoms with van der Waals surface area (Å²) < 4.78 is 15.6. The zero-order chi connectivity index (χ0) is 26.1. The summed E-state index contributed by atoms with van der Waals surface area (Å²) in [5.74, 6) is -0.0616. The first kappa shape index (κ1) is 23.9. The molecule has 5 aromatic rings. The molecule has 1 atom stereocenters. The third-order valence-electron chi connectivity index (χ3n) is 6.16. The van der Waals surface area contributed by atoms with Crippen LogP contribution in [0.1, 0.15) is 24.2 Å². The molecule has 9 heteroatoms. The molecular weight excluding hydrogens is 471 g/mol. The Morgan fingerprint density at radius 1 is 1.08 bits per heavy atom. The number of halogens is 1. The van der Waals surface area contributed by atoms with E-state index in [0.29, 0.717) is 45.9 Å². The van der Waals surface area contributed by atoms with Crippen LogP contribution in [0.5, 0.6) is 5.75 Å². The lowest BCUT2D eigenvalue weighted by atomic mass is 10.1. The van der Waals surface area contributed by atoms with E-state index in [4.69, 9.17) is 10.7 Å². The zero-order valence-corrected chi connectivity index (χ0v) is 20.3. The van der Waals surface area contributed by atoms with Gasteiger partial charge in [0.05, 0.1) is 16.6 Å². The number of nitrogen functional groups attached to an aromatic ring is 1. The van der Waals surface area contributed by atoms with Gasteiger partial charge in [0.25, 0.3) is 5.56 Å². The Kier molecular flexibility index (Phi) is 6.27. The van der Waals surface area contributed by atoms with Crippen molar-refractivity contribution < 1.29 is 9.50 Å². The Morgan fingerprint density at radius 2 is 1.86 bits per heavy atom. The van der Waals surface area contributed by atoms with Gasteiger partial charge in [-0.1, -0.05) is 37.3 Å². The maximum Gasteiger partial charge on any atom is 0.266 e. The van der Waals surface area contributed by atoms with Crippen LogP contribution >= 0.6 is 0 Å². The lowest BCUT2D eigenvalue weighted by molar-refractivity contribution is 0.469. The number of phenols is 1. The van der Waals surface area contributed by atoms with Crippen LogP contribution in [0.4, 0.5) is 16.2 Å². The fraction of sp³-hybridized carbons (Fsp3) is 0.143. The van der Waals surface area contributed by atoms with E-state index in [9.17, 15) is 14.3 Å². The number of aryl methyl sites for hydroxylation is 1. The van der Waals surface area contributed by atoms with Crippen LogP contribution in [0.2, 0.25) is 0 Å². The Labute approximate surface area is 212 Å². The van der Waals surface area contributed by atoms with Crippen LogP contribution < -0.4 is 16.6 Å². The molecule has 0 aliphatic heterocycles. The minimum absolute atomic E-state index is 0.0417. The molecule has 0 radical (unpaired) electrons. The molecule has 2 aromatic heterocycles. The highest BCUT2D eigenvalue weighted by atomic mass is 19.1. The molecular formula is C28H25FN6O2. The molecule has 0 saturated carbocycles. The quantitative estimate of drug-likeness (QED) is 0.309. The topological polar surface area (TPSA) is 119 Å². The van der Waals surface area contributed by atoms with Crippen LogP contribution in [0, 0.1) is 12.7 Å². The number of para-hydroxylation sites is 1. The molecule has 0 saturated heterocycles. The predicted molar refractivity (Wildman–Crippen MR) is 142 cm³/mol. The molecule has 0 aliphatic carbocycles. The Morgan fingerprint density at radius 3 is 2.62 bits per heavy atom. The van der Waals surface area contributed by atoms with Gasteiger partial charge in [-0.3, -0.25) is 9.36 Å². The summed E-state index contributed by atoms with van der Waals surface area (Å²) in [6.45, 7) is 4.19. The summed E-state index contributed by atoms with van der Waals surface area (Å²) in [7, 11) is 0. The number of anilines is 2. The number of benzene rings is 3. The lowest BCUT2D eigenvalue weighted by Gasteiger charge is -2.20.